The summed E-state index contributed by atoms with van der Waals surface area (Å²) in [5.74, 6) is 0.651. The Morgan fingerprint density at radius 1 is 1.29 bits per heavy atom. The molecule has 3 heteroatoms. The van der Waals surface area contributed by atoms with Gasteiger partial charge in [0.1, 0.15) is 0 Å². The molecule has 0 N–H and O–H groups in total. The molecule has 1 saturated carbocycles. The third-order valence-electron chi connectivity index (χ3n) is 2.58. The van der Waals surface area contributed by atoms with Gasteiger partial charge in [0.15, 0.2) is 5.75 Å². The van der Waals surface area contributed by atoms with Gasteiger partial charge in [-0.15, -0.1) is 0 Å². The van der Waals surface area contributed by atoms with E-state index in [1.165, 1.54) is 6.42 Å². The van der Waals surface area contributed by atoms with E-state index in [-0.39, 0.29) is 0 Å². The van der Waals surface area contributed by atoms with E-state index in [0.29, 0.717) is 21.9 Å². The van der Waals surface area contributed by atoms with E-state index in [9.17, 15) is 0 Å². The van der Waals surface area contributed by atoms with Gasteiger partial charge in [0.25, 0.3) is 0 Å². The highest BCUT2D eigenvalue weighted by atomic mass is 35.5. The van der Waals surface area contributed by atoms with Gasteiger partial charge in [-0.1, -0.05) is 29.3 Å². The van der Waals surface area contributed by atoms with Crippen molar-refractivity contribution in [3.8, 4) is 5.75 Å². The molecule has 1 aromatic rings. The van der Waals surface area contributed by atoms with Crippen molar-refractivity contribution in [2.75, 3.05) is 0 Å². The second-order valence-corrected chi connectivity index (χ2v) is 4.46. The topological polar surface area (TPSA) is 9.23 Å². The smallest absolute Gasteiger partial charge is 0.157 e. The quantitative estimate of drug-likeness (QED) is 0.739. The van der Waals surface area contributed by atoms with Crippen LogP contribution in [0.5, 0.6) is 5.75 Å². The summed E-state index contributed by atoms with van der Waals surface area (Å²) in [5.41, 5.74) is 1.00. The lowest BCUT2D eigenvalue weighted by Gasteiger charge is -2.27. The van der Waals surface area contributed by atoms with Crippen molar-refractivity contribution in [1.82, 2.24) is 0 Å². The summed E-state index contributed by atoms with van der Waals surface area (Å²) < 4.78 is 5.73. The van der Waals surface area contributed by atoms with Crippen LogP contribution in [0.15, 0.2) is 12.1 Å². The van der Waals surface area contributed by atoms with Crippen LogP contribution in [-0.2, 0) is 0 Å². The maximum absolute atomic E-state index is 6.11. The molecule has 0 saturated heterocycles. The summed E-state index contributed by atoms with van der Waals surface area (Å²) in [5, 5.41) is 1.25. The van der Waals surface area contributed by atoms with Crippen molar-refractivity contribution in [2.45, 2.75) is 32.3 Å². The van der Waals surface area contributed by atoms with Crippen molar-refractivity contribution in [3.63, 3.8) is 0 Å². The molecular formula is C11H12Cl2O. The maximum atomic E-state index is 6.11. The van der Waals surface area contributed by atoms with Crippen LogP contribution in [0, 0.1) is 6.92 Å². The molecule has 2 rings (SSSR count). The van der Waals surface area contributed by atoms with E-state index in [1.807, 2.05) is 19.1 Å². The fourth-order valence-electron chi connectivity index (χ4n) is 1.39. The Bertz CT molecular complexity index is 345. The van der Waals surface area contributed by atoms with E-state index >= 15 is 0 Å². The second kappa shape index (κ2) is 4.00. The van der Waals surface area contributed by atoms with Gasteiger partial charge in [-0.2, -0.15) is 0 Å². The molecule has 0 heterocycles. The first-order valence-corrected chi connectivity index (χ1v) is 5.55. The van der Waals surface area contributed by atoms with Crippen LogP contribution < -0.4 is 4.74 Å². The number of benzene rings is 1. The first-order valence-electron chi connectivity index (χ1n) is 4.79. The fraction of sp³-hybridized carbons (Fsp3) is 0.455. The first kappa shape index (κ1) is 10.1. The second-order valence-electron chi connectivity index (χ2n) is 3.68. The predicted molar refractivity (Wildman–Crippen MR) is 59.5 cm³/mol. The molecule has 1 fully saturated rings. The predicted octanol–water partition coefficient (Wildman–Crippen LogP) is 4.23. The van der Waals surface area contributed by atoms with Gasteiger partial charge >= 0.3 is 0 Å². The van der Waals surface area contributed by atoms with E-state index in [1.54, 1.807) is 0 Å². The lowest BCUT2D eigenvalue weighted by molar-refractivity contribution is 0.120. The Morgan fingerprint density at radius 2 is 2.00 bits per heavy atom. The van der Waals surface area contributed by atoms with Crippen molar-refractivity contribution >= 4 is 23.2 Å². The maximum Gasteiger partial charge on any atom is 0.157 e. The van der Waals surface area contributed by atoms with Gasteiger partial charge in [0, 0.05) is 0 Å². The average Bonchev–Trinajstić information content (AvgIpc) is 2.09. The summed E-state index contributed by atoms with van der Waals surface area (Å²) in [7, 11) is 0. The highest BCUT2D eigenvalue weighted by molar-refractivity contribution is 6.37. The average molecular weight is 231 g/mol. The Kier molecular flexibility index (Phi) is 2.89. The number of rotatable bonds is 2. The van der Waals surface area contributed by atoms with Crippen LogP contribution in [0.4, 0.5) is 0 Å². The largest absolute Gasteiger partial charge is 0.487 e. The van der Waals surface area contributed by atoms with Crippen LogP contribution in [0.1, 0.15) is 24.8 Å². The van der Waals surface area contributed by atoms with Crippen molar-refractivity contribution in [3.05, 3.63) is 27.7 Å². The van der Waals surface area contributed by atoms with Gasteiger partial charge in [0.05, 0.1) is 16.1 Å². The Labute approximate surface area is 94.0 Å². The van der Waals surface area contributed by atoms with E-state index in [0.717, 1.165) is 18.4 Å². The van der Waals surface area contributed by atoms with Gasteiger partial charge in [-0.25, -0.2) is 0 Å². The minimum absolute atomic E-state index is 0.312. The Balaban J connectivity index is 2.25. The number of ether oxygens (including phenoxy) is 1. The highest BCUT2D eigenvalue weighted by Gasteiger charge is 2.21. The fourth-order valence-corrected chi connectivity index (χ4v) is 1.85. The number of halogens is 2. The number of hydrogen-bond acceptors (Lipinski definition) is 1. The molecule has 1 aliphatic carbocycles. The summed E-state index contributed by atoms with van der Waals surface area (Å²) in [6, 6.07) is 3.73. The van der Waals surface area contributed by atoms with Crippen LogP contribution in [0.3, 0.4) is 0 Å². The molecule has 1 nitrogen and oxygen atoms in total. The lowest BCUT2D eigenvalue weighted by Crippen LogP contribution is -2.24. The summed E-state index contributed by atoms with van der Waals surface area (Å²) in [6.07, 6.45) is 3.78. The molecule has 0 atom stereocenters. The molecule has 76 valence electrons. The molecule has 1 aliphatic rings. The molecule has 0 amide bonds. The van der Waals surface area contributed by atoms with Gasteiger partial charge < -0.3 is 4.74 Å². The third-order valence-corrected chi connectivity index (χ3v) is 3.35. The standard InChI is InChI=1S/C11H12Cl2O/c1-7-5-6-9(12)11(10(7)13)14-8-3-2-4-8/h5-6,8H,2-4H2,1H3. The van der Waals surface area contributed by atoms with Crippen LogP contribution in [0.2, 0.25) is 10.0 Å². The third kappa shape index (κ3) is 1.84. The van der Waals surface area contributed by atoms with Gasteiger partial charge in [-0.05, 0) is 37.8 Å². The zero-order chi connectivity index (χ0) is 10.1. The molecule has 0 spiro atoms. The number of aryl methyl sites for hydroxylation is 1. The van der Waals surface area contributed by atoms with Crippen LogP contribution in [0.25, 0.3) is 0 Å². The summed E-state index contributed by atoms with van der Waals surface area (Å²) >= 11 is 12.1. The number of hydrogen-bond donors (Lipinski definition) is 0. The monoisotopic (exact) mass is 230 g/mol. The van der Waals surface area contributed by atoms with E-state index in [4.69, 9.17) is 27.9 Å². The molecule has 0 unspecified atom stereocenters. The lowest BCUT2D eigenvalue weighted by atomic mass is 9.96. The van der Waals surface area contributed by atoms with Gasteiger partial charge in [-0.3, -0.25) is 0 Å². The summed E-state index contributed by atoms with van der Waals surface area (Å²) in [4.78, 5) is 0. The van der Waals surface area contributed by atoms with E-state index < -0.39 is 0 Å². The van der Waals surface area contributed by atoms with Crippen LogP contribution in [-0.4, -0.2) is 6.10 Å². The zero-order valence-corrected chi connectivity index (χ0v) is 9.53. The van der Waals surface area contributed by atoms with Crippen molar-refractivity contribution < 1.29 is 4.74 Å². The first-order chi connectivity index (χ1) is 6.68. The Morgan fingerprint density at radius 3 is 2.57 bits per heavy atom. The Hall–Kier alpha value is -0.400. The van der Waals surface area contributed by atoms with Crippen molar-refractivity contribution in [2.24, 2.45) is 0 Å². The van der Waals surface area contributed by atoms with E-state index in [2.05, 4.69) is 0 Å². The molecule has 0 aliphatic heterocycles. The minimum atomic E-state index is 0.312. The van der Waals surface area contributed by atoms with Crippen molar-refractivity contribution in [1.29, 1.82) is 0 Å². The zero-order valence-electron chi connectivity index (χ0n) is 8.02. The molecule has 1 aromatic carbocycles. The van der Waals surface area contributed by atoms with Crippen LogP contribution >= 0.6 is 23.2 Å². The molecule has 0 aromatic heterocycles. The minimum Gasteiger partial charge on any atom is -0.487 e. The van der Waals surface area contributed by atoms with Gasteiger partial charge in [0.2, 0.25) is 0 Å². The molecular weight excluding hydrogens is 219 g/mol. The SMILES string of the molecule is Cc1ccc(Cl)c(OC2CCC2)c1Cl. The summed E-state index contributed by atoms with van der Waals surface area (Å²) in [6.45, 7) is 1.95. The molecule has 0 radical (unpaired) electrons. The molecule has 0 bridgehead atoms. The molecule has 14 heavy (non-hydrogen) atoms. The highest BCUT2D eigenvalue weighted by Crippen LogP contribution is 2.38. The normalized spacial score (nSPS) is 16.5.